The molecule has 1 heteroatoms. The molecule has 0 fully saturated rings. The highest BCUT2D eigenvalue weighted by atomic mass is 19.1. The second-order valence-electron chi connectivity index (χ2n) is 9.53. The van der Waals surface area contributed by atoms with Crippen molar-refractivity contribution in [2.75, 3.05) is 6.67 Å². The molecule has 0 rings (SSSR count). The Bertz CT molecular complexity index is 237. The molecule has 0 saturated heterocycles. The molecule has 0 N–H and O–H groups in total. The monoisotopic (exact) mass is 412 g/mol. The largest absolute Gasteiger partial charge is 0.251 e. The quantitative estimate of drug-likeness (QED) is 0.124. The molecule has 0 aromatic carbocycles. The van der Waals surface area contributed by atoms with E-state index in [1.807, 2.05) is 0 Å². The average Bonchev–Trinajstić information content (AvgIpc) is 2.74. The van der Waals surface area contributed by atoms with Gasteiger partial charge in [0.05, 0.1) is 6.67 Å². The van der Waals surface area contributed by atoms with Crippen LogP contribution in [0.1, 0.15) is 174 Å². The minimum absolute atomic E-state index is 0.126. The summed E-state index contributed by atoms with van der Waals surface area (Å²) in [6.07, 6.45) is 36.4. The Hall–Kier alpha value is -0.0700. The molecule has 0 nitrogen and oxygen atoms in total. The third kappa shape index (κ3) is 27.9. The van der Waals surface area contributed by atoms with Crippen LogP contribution in [0.5, 0.6) is 0 Å². The van der Waals surface area contributed by atoms with Crippen molar-refractivity contribution in [3.63, 3.8) is 0 Å². The van der Waals surface area contributed by atoms with Crippen LogP contribution in [0.15, 0.2) is 0 Å². The number of rotatable bonds is 26. The molecule has 0 spiro atoms. The highest BCUT2D eigenvalue weighted by Gasteiger charge is 1.96. The van der Waals surface area contributed by atoms with E-state index >= 15 is 0 Å². The molecule has 0 bridgehead atoms. The second-order valence-corrected chi connectivity index (χ2v) is 9.53. The van der Waals surface area contributed by atoms with E-state index in [-0.39, 0.29) is 6.67 Å². The number of unbranched alkanes of at least 4 members (excludes halogenated alkanes) is 25. The molecular formula is C28H57F. The topological polar surface area (TPSA) is 0 Å². The maximum atomic E-state index is 12.0. The zero-order valence-corrected chi connectivity index (χ0v) is 20.5. The Balaban J connectivity index is 2.97. The molecule has 29 heavy (non-hydrogen) atoms. The van der Waals surface area contributed by atoms with Crippen LogP contribution in [-0.2, 0) is 0 Å². The van der Waals surface area contributed by atoms with Crippen LogP contribution in [0.2, 0.25) is 0 Å². The smallest absolute Gasteiger partial charge is 0.0894 e. The van der Waals surface area contributed by atoms with Gasteiger partial charge in [0.1, 0.15) is 0 Å². The van der Waals surface area contributed by atoms with Gasteiger partial charge in [-0.05, 0) is 6.42 Å². The molecular weight excluding hydrogens is 355 g/mol. The molecule has 0 heterocycles. The van der Waals surface area contributed by atoms with Crippen molar-refractivity contribution in [2.24, 2.45) is 0 Å². The van der Waals surface area contributed by atoms with Crippen LogP contribution in [-0.4, -0.2) is 6.67 Å². The first kappa shape index (κ1) is 28.9. The summed E-state index contributed by atoms with van der Waals surface area (Å²) in [5, 5.41) is 0. The van der Waals surface area contributed by atoms with Gasteiger partial charge in [0, 0.05) is 0 Å². The predicted octanol–water partition coefficient (Wildman–Crippen LogP) is 11.1. The summed E-state index contributed by atoms with van der Waals surface area (Å²) in [4.78, 5) is 0. The fourth-order valence-corrected chi connectivity index (χ4v) is 4.41. The fraction of sp³-hybridized carbons (Fsp3) is 1.00. The lowest BCUT2D eigenvalue weighted by Gasteiger charge is -2.04. The van der Waals surface area contributed by atoms with Crippen molar-refractivity contribution in [3.05, 3.63) is 0 Å². The normalized spacial score (nSPS) is 11.4. The SMILES string of the molecule is CCCCCCCCCCCCCCCCCCCCCCCCCCCCF. The molecule has 0 aliphatic rings. The average molecular weight is 413 g/mol. The molecule has 0 aromatic rings. The first-order chi connectivity index (χ1) is 14.4. The molecule has 0 aromatic heterocycles. The van der Waals surface area contributed by atoms with Gasteiger partial charge >= 0.3 is 0 Å². The van der Waals surface area contributed by atoms with E-state index in [4.69, 9.17) is 0 Å². The zero-order valence-electron chi connectivity index (χ0n) is 20.5. The lowest BCUT2D eigenvalue weighted by atomic mass is 10.0. The van der Waals surface area contributed by atoms with E-state index < -0.39 is 0 Å². The van der Waals surface area contributed by atoms with Gasteiger partial charge in [0.2, 0.25) is 0 Å². The fourth-order valence-electron chi connectivity index (χ4n) is 4.41. The molecule has 0 atom stereocenters. The maximum Gasteiger partial charge on any atom is 0.0894 e. The van der Waals surface area contributed by atoms with E-state index in [2.05, 4.69) is 6.92 Å². The summed E-state index contributed by atoms with van der Waals surface area (Å²) in [6, 6.07) is 0. The lowest BCUT2D eigenvalue weighted by Crippen LogP contribution is -1.85. The molecule has 0 saturated carbocycles. The first-order valence-electron chi connectivity index (χ1n) is 14.0. The summed E-state index contributed by atoms with van der Waals surface area (Å²) in [7, 11) is 0. The number of halogens is 1. The van der Waals surface area contributed by atoms with Crippen LogP contribution in [0.3, 0.4) is 0 Å². The van der Waals surface area contributed by atoms with Crippen LogP contribution in [0.4, 0.5) is 4.39 Å². The van der Waals surface area contributed by atoms with Gasteiger partial charge in [-0.15, -0.1) is 0 Å². The van der Waals surface area contributed by atoms with Gasteiger partial charge in [0.15, 0.2) is 0 Å². The van der Waals surface area contributed by atoms with Crippen molar-refractivity contribution in [2.45, 2.75) is 174 Å². The van der Waals surface area contributed by atoms with E-state index in [1.165, 1.54) is 154 Å². The van der Waals surface area contributed by atoms with Gasteiger partial charge in [0.25, 0.3) is 0 Å². The van der Waals surface area contributed by atoms with Crippen molar-refractivity contribution >= 4 is 0 Å². The van der Waals surface area contributed by atoms with Crippen LogP contribution < -0.4 is 0 Å². The van der Waals surface area contributed by atoms with Gasteiger partial charge in [-0.1, -0.05) is 167 Å². The van der Waals surface area contributed by atoms with E-state index in [0.29, 0.717) is 0 Å². The van der Waals surface area contributed by atoms with Crippen molar-refractivity contribution < 1.29 is 4.39 Å². The Morgan fingerprint density at radius 2 is 0.448 bits per heavy atom. The third-order valence-corrected chi connectivity index (χ3v) is 6.49. The van der Waals surface area contributed by atoms with Crippen LogP contribution >= 0.6 is 0 Å². The van der Waals surface area contributed by atoms with Gasteiger partial charge in [-0.3, -0.25) is 4.39 Å². The van der Waals surface area contributed by atoms with Crippen LogP contribution in [0.25, 0.3) is 0 Å². The predicted molar refractivity (Wildman–Crippen MR) is 132 cm³/mol. The Morgan fingerprint density at radius 3 is 0.621 bits per heavy atom. The summed E-state index contributed by atoms with van der Waals surface area (Å²) in [5.41, 5.74) is 0. The van der Waals surface area contributed by atoms with E-state index in [9.17, 15) is 4.39 Å². The van der Waals surface area contributed by atoms with Gasteiger partial charge in [-0.2, -0.15) is 0 Å². The van der Waals surface area contributed by atoms with Crippen molar-refractivity contribution in [1.29, 1.82) is 0 Å². The minimum atomic E-state index is -0.126. The molecule has 0 aliphatic carbocycles. The molecule has 0 unspecified atom stereocenters. The first-order valence-corrected chi connectivity index (χ1v) is 14.0. The van der Waals surface area contributed by atoms with Crippen molar-refractivity contribution in [3.8, 4) is 0 Å². The lowest BCUT2D eigenvalue weighted by molar-refractivity contribution is 0.448. The number of hydrogen-bond acceptors (Lipinski definition) is 0. The zero-order chi connectivity index (χ0) is 21.1. The summed E-state index contributed by atoms with van der Waals surface area (Å²) in [5.74, 6) is 0. The van der Waals surface area contributed by atoms with Gasteiger partial charge < -0.3 is 0 Å². The Morgan fingerprint density at radius 1 is 0.276 bits per heavy atom. The maximum absolute atomic E-state index is 12.0. The summed E-state index contributed by atoms with van der Waals surface area (Å²) in [6.45, 7) is 2.17. The van der Waals surface area contributed by atoms with Crippen LogP contribution in [0, 0.1) is 0 Å². The van der Waals surface area contributed by atoms with Crippen molar-refractivity contribution in [1.82, 2.24) is 0 Å². The number of alkyl halides is 1. The van der Waals surface area contributed by atoms with Gasteiger partial charge in [-0.25, -0.2) is 0 Å². The van der Waals surface area contributed by atoms with E-state index in [1.54, 1.807) is 0 Å². The minimum Gasteiger partial charge on any atom is -0.251 e. The third-order valence-electron chi connectivity index (χ3n) is 6.49. The molecule has 0 radical (unpaired) electrons. The molecule has 176 valence electrons. The summed E-state index contributed by atoms with van der Waals surface area (Å²) < 4.78 is 12.0. The molecule has 0 amide bonds. The highest BCUT2D eigenvalue weighted by molar-refractivity contribution is 4.51. The van der Waals surface area contributed by atoms with E-state index in [0.717, 1.165) is 12.8 Å². The molecule has 0 aliphatic heterocycles. The second kappa shape index (κ2) is 27.9. The summed E-state index contributed by atoms with van der Waals surface area (Å²) >= 11 is 0. The standard InChI is InChI=1S/C28H57F/c1-2-3-4-5-6-7-8-9-10-11-12-13-14-15-16-17-18-19-20-21-22-23-24-25-26-27-28-29/h2-28H2,1H3. The number of hydrogen-bond donors (Lipinski definition) is 0. The Labute approximate surface area is 185 Å². The Kier molecular flexibility index (Phi) is 27.9. The highest BCUT2D eigenvalue weighted by Crippen LogP contribution is 2.15.